The molecule has 1 aromatic heterocycles. The summed E-state index contributed by atoms with van der Waals surface area (Å²) in [7, 11) is 0. The second-order valence-corrected chi connectivity index (χ2v) is 8.24. The zero-order chi connectivity index (χ0) is 22.6. The molecule has 0 aliphatic heterocycles. The van der Waals surface area contributed by atoms with Crippen LogP contribution in [0, 0.1) is 10.8 Å². The summed E-state index contributed by atoms with van der Waals surface area (Å²) in [6.07, 6.45) is 6.84. The van der Waals surface area contributed by atoms with Crippen molar-refractivity contribution in [1.29, 1.82) is 5.41 Å². The molecule has 1 heterocycles. The molecule has 2 rings (SSSR count). The number of hydrogen-bond acceptors (Lipinski definition) is 6. The summed E-state index contributed by atoms with van der Waals surface area (Å²) in [6.45, 7) is 7.35. The van der Waals surface area contributed by atoms with Crippen LogP contribution in [0.5, 0.6) is 0 Å². The van der Waals surface area contributed by atoms with Gasteiger partial charge in [-0.05, 0) is 24.5 Å². The summed E-state index contributed by atoms with van der Waals surface area (Å²) in [5.41, 5.74) is -0.174. The van der Waals surface area contributed by atoms with Crippen molar-refractivity contribution in [2.45, 2.75) is 39.8 Å². The lowest BCUT2D eigenvalue weighted by Gasteiger charge is -2.31. The number of aliphatic hydroxyl groups excluding tert-OH is 2. The van der Waals surface area contributed by atoms with E-state index in [1.807, 2.05) is 27.7 Å². The Hall–Kier alpha value is -2.97. The van der Waals surface area contributed by atoms with Crippen LogP contribution in [0.2, 0.25) is 0 Å². The van der Waals surface area contributed by atoms with Crippen LogP contribution >= 0.6 is 0 Å². The third-order valence-electron chi connectivity index (χ3n) is 5.02. The van der Waals surface area contributed by atoms with Crippen LogP contribution in [0.3, 0.4) is 0 Å². The molecule has 2 atom stereocenters. The molecule has 2 unspecified atom stereocenters. The number of carboxylic acids is 1. The zero-order valence-electron chi connectivity index (χ0n) is 17.5. The van der Waals surface area contributed by atoms with Crippen molar-refractivity contribution < 1.29 is 24.9 Å². The molecular weight excluding hydrogens is 388 g/mol. The molecule has 0 saturated carbocycles. The lowest BCUT2D eigenvalue weighted by Crippen LogP contribution is -2.27. The number of aromatic carboxylic acids is 1. The number of hydrogen-bond donors (Lipinski definition) is 4. The second-order valence-electron chi connectivity index (χ2n) is 8.24. The molecule has 0 bridgehead atoms. The van der Waals surface area contributed by atoms with Gasteiger partial charge in [-0.3, -0.25) is 10.2 Å². The van der Waals surface area contributed by atoms with Gasteiger partial charge in [0, 0.05) is 29.6 Å². The SMILES string of the molecule is CC(n1cc(C(=O)O)c(=O)cc1/C=C1\C=CC=C(OCC(O)CO)C1=N)C(C)(C)C. The molecule has 0 aromatic carbocycles. The standard InChI is InChI=1S/C22H28N2O6/c1-13(22(2,3)4)24-10-17(21(28)29)18(27)9-15(24)8-14-6-5-7-19(20(14)23)30-12-16(26)11-25/h5-10,13,16,23,25-26H,11-12H2,1-4H3,(H,28,29)/b14-8+,23-20?. The van der Waals surface area contributed by atoms with Crippen molar-refractivity contribution in [3.8, 4) is 0 Å². The molecule has 0 spiro atoms. The Bertz CT molecular complexity index is 978. The Morgan fingerprint density at radius 3 is 2.60 bits per heavy atom. The molecule has 0 amide bonds. The Labute approximate surface area is 174 Å². The van der Waals surface area contributed by atoms with Gasteiger partial charge in [0.2, 0.25) is 0 Å². The fourth-order valence-electron chi connectivity index (χ4n) is 2.78. The average molecular weight is 416 g/mol. The van der Waals surface area contributed by atoms with Crippen LogP contribution in [-0.4, -0.2) is 50.9 Å². The van der Waals surface area contributed by atoms with E-state index in [0.29, 0.717) is 11.3 Å². The van der Waals surface area contributed by atoms with Crippen molar-refractivity contribution in [3.63, 3.8) is 0 Å². The van der Waals surface area contributed by atoms with E-state index >= 15 is 0 Å². The highest BCUT2D eigenvalue weighted by Gasteiger charge is 2.25. The average Bonchev–Trinajstić information content (AvgIpc) is 2.67. The minimum Gasteiger partial charge on any atom is -0.489 e. The van der Waals surface area contributed by atoms with Gasteiger partial charge in [-0.1, -0.05) is 32.9 Å². The number of allylic oxidation sites excluding steroid dienone is 4. The molecule has 30 heavy (non-hydrogen) atoms. The number of pyridine rings is 1. The first-order valence-corrected chi connectivity index (χ1v) is 9.56. The Balaban J connectivity index is 2.49. The van der Waals surface area contributed by atoms with Crippen molar-refractivity contribution in [3.05, 3.63) is 63.3 Å². The first kappa shape index (κ1) is 23.3. The third-order valence-corrected chi connectivity index (χ3v) is 5.02. The number of carbonyl (C=O) groups is 1. The highest BCUT2D eigenvalue weighted by atomic mass is 16.5. The molecular formula is C22H28N2O6. The van der Waals surface area contributed by atoms with Gasteiger partial charge >= 0.3 is 5.97 Å². The quantitative estimate of drug-likeness (QED) is 0.539. The molecule has 0 fully saturated rings. The largest absolute Gasteiger partial charge is 0.489 e. The van der Waals surface area contributed by atoms with E-state index < -0.39 is 24.1 Å². The van der Waals surface area contributed by atoms with Crippen molar-refractivity contribution >= 4 is 17.8 Å². The van der Waals surface area contributed by atoms with Gasteiger partial charge in [0.05, 0.1) is 6.61 Å². The van der Waals surface area contributed by atoms with Crippen LogP contribution < -0.4 is 5.43 Å². The highest BCUT2D eigenvalue weighted by Crippen LogP contribution is 2.31. The molecule has 1 aliphatic carbocycles. The van der Waals surface area contributed by atoms with Crippen LogP contribution in [-0.2, 0) is 4.74 Å². The van der Waals surface area contributed by atoms with Crippen LogP contribution in [0.1, 0.15) is 49.8 Å². The number of aliphatic hydroxyl groups is 2. The number of rotatable bonds is 7. The Morgan fingerprint density at radius 2 is 2.03 bits per heavy atom. The second kappa shape index (κ2) is 9.23. The summed E-state index contributed by atoms with van der Waals surface area (Å²) in [4.78, 5) is 23.8. The minimum atomic E-state index is -1.29. The van der Waals surface area contributed by atoms with Gasteiger partial charge in [-0.15, -0.1) is 0 Å². The van der Waals surface area contributed by atoms with Crippen molar-refractivity contribution in [2.75, 3.05) is 13.2 Å². The lowest BCUT2D eigenvalue weighted by atomic mass is 9.87. The number of aromatic nitrogens is 1. The number of nitrogens with one attached hydrogen (secondary N) is 1. The van der Waals surface area contributed by atoms with E-state index in [1.54, 1.807) is 28.9 Å². The molecule has 1 aliphatic rings. The summed E-state index contributed by atoms with van der Waals surface area (Å²) in [5, 5.41) is 36.1. The van der Waals surface area contributed by atoms with Crippen molar-refractivity contribution in [2.24, 2.45) is 5.41 Å². The highest BCUT2D eigenvalue weighted by molar-refractivity contribution is 6.14. The maximum absolute atomic E-state index is 12.3. The predicted molar refractivity (Wildman–Crippen MR) is 114 cm³/mol. The summed E-state index contributed by atoms with van der Waals surface area (Å²) < 4.78 is 7.14. The zero-order valence-corrected chi connectivity index (χ0v) is 17.5. The Kier molecular flexibility index (Phi) is 7.17. The van der Waals surface area contributed by atoms with Gasteiger partial charge in [0.25, 0.3) is 0 Å². The number of ether oxygens (including phenoxy) is 1. The molecule has 1 aromatic rings. The fourth-order valence-corrected chi connectivity index (χ4v) is 2.78. The van der Waals surface area contributed by atoms with E-state index in [0.717, 1.165) is 0 Å². The topological polar surface area (TPSA) is 133 Å². The molecule has 8 heteroatoms. The molecule has 8 nitrogen and oxygen atoms in total. The monoisotopic (exact) mass is 416 g/mol. The van der Waals surface area contributed by atoms with Gasteiger partial charge in [-0.2, -0.15) is 0 Å². The minimum absolute atomic E-state index is 0.0485. The third kappa shape index (κ3) is 5.34. The number of carboxylic acid groups (broad SMARTS) is 1. The Morgan fingerprint density at radius 1 is 1.37 bits per heavy atom. The van der Waals surface area contributed by atoms with Crippen LogP contribution in [0.4, 0.5) is 0 Å². The van der Waals surface area contributed by atoms with E-state index in [2.05, 4.69) is 0 Å². The fraction of sp³-hybridized carbons (Fsp3) is 0.409. The molecule has 4 N–H and O–H groups in total. The lowest BCUT2D eigenvalue weighted by molar-refractivity contribution is 0.0344. The van der Waals surface area contributed by atoms with Crippen LogP contribution in [0.25, 0.3) is 6.08 Å². The summed E-state index contributed by atoms with van der Waals surface area (Å²) >= 11 is 0. The van der Waals surface area contributed by atoms with E-state index in [4.69, 9.17) is 15.3 Å². The van der Waals surface area contributed by atoms with Gasteiger partial charge in [0.1, 0.15) is 29.7 Å². The molecule has 162 valence electrons. The first-order chi connectivity index (χ1) is 14.0. The maximum atomic E-state index is 12.3. The predicted octanol–water partition coefficient (Wildman–Crippen LogP) is 2.38. The molecule has 0 radical (unpaired) electrons. The summed E-state index contributed by atoms with van der Waals surface area (Å²) in [5.74, 6) is -1.07. The van der Waals surface area contributed by atoms with E-state index in [1.165, 1.54) is 12.3 Å². The van der Waals surface area contributed by atoms with E-state index in [-0.39, 0.29) is 35.1 Å². The van der Waals surface area contributed by atoms with E-state index in [9.17, 15) is 19.8 Å². The number of nitrogens with zero attached hydrogens (tertiary/aromatic N) is 1. The molecule has 0 saturated heterocycles. The normalized spacial score (nSPS) is 17.6. The smallest absolute Gasteiger partial charge is 0.341 e. The van der Waals surface area contributed by atoms with Gasteiger partial charge in [0.15, 0.2) is 5.43 Å². The van der Waals surface area contributed by atoms with Crippen molar-refractivity contribution in [1.82, 2.24) is 4.57 Å². The van der Waals surface area contributed by atoms with Gasteiger partial charge in [-0.25, -0.2) is 4.79 Å². The maximum Gasteiger partial charge on any atom is 0.341 e. The summed E-state index contributed by atoms with van der Waals surface area (Å²) in [6, 6.07) is 1.12. The van der Waals surface area contributed by atoms with Crippen LogP contribution in [0.15, 0.2) is 46.6 Å². The first-order valence-electron chi connectivity index (χ1n) is 9.56. The van der Waals surface area contributed by atoms with Gasteiger partial charge < -0.3 is 24.6 Å².